The molecule has 4 rings (SSSR count). The number of likely N-dealkylation sites (tertiary alicyclic amines) is 1. The smallest absolute Gasteiger partial charge is 0.322 e. The second-order valence-electron chi connectivity index (χ2n) is 6.41. The second-order valence-corrected chi connectivity index (χ2v) is 6.94. The Morgan fingerprint density at radius 1 is 1.32 bits per heavy atom. The number of benzene rings is 1. The predicted molar refractivity (Wildman–Crippen MR) is 95.8 cm³/mol. The number of aromatic nitrogens is 3. The number of amides is 2. The molecular formula is C17H19N5O2S. The molecule has 130 valence electrons. The highest BCUT2D eigenvalue weighted by Gasteiger charge is 2.34. The highest BCUT2D eigenvalue weighted by molar-refractivity contribution is 7.00. The molecule has 3 heterocycles. The molecule has 1 atom stereocenters. The van der Waals surface area contributed by atoms with Gasteiger partial charge in [-0.05, 0) is 45.2 Å². The van der Waals surface area contributed by atoms with Crippen LogP contribution in [0.1, 0.15) is 41.5 Å². The van der Waals surface area contributed by atoms with E-state index in [2.05, 4.69) is 19.2 Å². The van der Waals surface area contributed by atoms with Gasteiger partial charge < -0.3 is 14.7 Å². The average Bonchev–Trinajstić information content (AvgIpc) is 3.30. The standard InChI is InChI=1S/C17H19N5O2S/c1-9-6-7-12-16(21-25-20-12)15(9)18-17(23)22-8-4-5-13(22)14-10(2)19-24-11(14)3/h6-7,13H,4-5,8H2,1-3H3,(H,18,23)/t13-/m0/s1. The molecule has 0 aliphatic carbocycles. The van der Waals surface area contributed by atoms with Gasteiger partial charge in [-0.2, -0.15) is 8.75 Å². The van der Waals surface area contributed by atoms with Crippen LogP contribution in [0.3, 0.4) is 0 Å². The molecule has 0 bridgehead atoms. The third-order valence-corrected chi connectivity index (χ3v) is 5.35. The van der Waals surface area contributed by atoms with Crippen molar-refractivity contribution in [3.8, 4) is 0 Å². The van der Waals surface area contributed by atoms with Gasteiger partial charge in [0, 0.05) is 12.1 Å². The minimum absolute atomic E-state index is 0.000631. The minimum atomic E-state index is -0.119. The summed E-state index contributed by atoms with van der Waals surface area (Å²) >= 11 is 1.15. The van der Waals surface area contributed by atoms with Crippen molar-refractivity contribution >= 4 is 34.5 Å². The summed E-state index contributed by atoms with van der Waals surface area (Å²) in [5.41, 5.74) is 5.13. The zero-order valence-corrected chi connectivity index (χ0v) is 15.2. The molecule has 1 saturated heterocycles. The van der Waals surface area contributed by atoms with Crippen LogP contribution < -0.4 is 5.32 Å². The molecule has 0 unspecified atom stereocenters. The fourth-order valence-electron chi connectivity index (χ4n) is 3.56. The van der Waals surface area contributed by atoms with E-state index < -0.39 is 0 Å². The summed E-state index contributed by atoms with van der Waals surface area (Å²) in [6.07, 6.45) is 1.88. The fraction of sp³-hybridized carbons (Fsp3) is 0.412. The van der Waals surface area contributed by atoms with E-state index in [0.29, 0.717) is 6.54 Å². The molecule has 3 aromatic rings. The van der Waals surface area contributed by atoms with Crippen molar-refractivity contribution in [2.24, 2.45) is 0 Å². The molecule has 0 saturated carbocycles. The maximum atomic E-state index is 13.0. The Balaban J connectivity index is 1.64. The van der Waals surface area contributed by atoms with Crippen molar-refractivity contribution < 1.29 is 9.32 Å². The molecule has 0 spiro atoms. The molecule has 1 N–H and O–H groups in total. The van der Waals surface area contributed by atoms with Crippen molar-refractivity contribution in [2.45, 2.75) is 39.7 Å². The van der Waals surface area contributed by atoms with Crippen molar-refractivity contribution in [3.63, 3.8) is 0 Å². The molecule has 2 amide bonds. The monoisotopic (exact) mass is 357 g/mol. The number of anilines is 1. The Bertz CT molecular complexity index is 928. The number of carbonyl (C=O) groups excluding carboxylic acids is 1. The van der Waals surface area contributed by atoms with Crippen LogP contribution in [0.5, 0.6) is 0 Å². The van der Waals surface area contributed by atoms with E-state index >= 15 is 0 Å². The fourth-order valence-corrected chi connectivity index (χ4v) is 4.11. The number of nitrogens with one attached hydrogen (secondary N) is 1. The van der Waals surface area contributed by atoms with E-state index in [1.807, 2.05) is 37.8 Å². The number of hydrogen-bond acceptors (Lipinski definition) is 6. The van der Waals surface area contributed by atoms with E-state index in [4.69, 9.17) is 4.52 Å². The molecule has 25 heavy (non-hydrogen) atoms. The molecule has 0 radical (unpaired) electrons. The molecule has 7 nitrogen and oxygen atoms in total. The van der Waals surface area contributed by atoms with Gasteiger partial charge in [-0.15, -0.1) is 0 Å². The van der Waals surface area contributed by atoms with Crippen molar-refractivity contribution in [2.75, 3.05) is 11.9 Å². The van der Waals surface area contributed by atoms with Gasteiger partial charge >= 0.3 is 6.03 Å². The highest BCUT2D eigenvalue weighted by Crippen LogP contribution is 2.36. The second kappa shape index (κ2) is 6.11. The molecule has 1 aliphatic heterocycles. The normalized spacial score (nSPS) is 17.4. The first-order valence-corrected chi connectivity index (χ1v) is 9.01. The summed E-state index contributed by atoms with van der Waals surface area (Å²) in [7, 11) is 0. The number of carbonyl (C=O) groups is 1. The van der Waals surface area contributed by atoms with Crippen LogP contribution >= 0.6 is 11.7 Å². The average molecular weight is 357 g/mol. The highest BCUT2D eigenvalue weighted by atomic mass is 32.1. The van der Waals surface area contributed by atoms with E-state index in [1.54, 1.807) is 0 Å². The number of fused-ring (bicyclic) bond motifs is 1. The van der Waals surface area contributed by atoms with E-state index in [9.17, 15) is 4.79 Å². The molecule has 8 heteroatoms. The lowest BCUT2D eigenvalue weighted by Crippen LogP contribution is -2.35. The Morgan fingerprint density at radius 2 is 2.16 bits per heavy atom. The number of nitrogens with zero attached hydrogens (tertiary/aromatic N) is 4. The van der Waals surface area contributed by atoms with E-state index in [0.717, 1.165) is 63.9 Å². The lowest BCUT2D eigenvalue weighted by Gasteiger charge is -2.25. The Kier molecular flexibility index (Phi) is 3.91. The summed E-state index contributed by atoms with van der Waals surface area (Å²) in [4.78, 5) is 14.8. The zero-order valence-electron chi connectivity index (χ0n) is 14.4. The molecule has 1 aliphatic rings. The Morgan fingerprint density at radius 3 is 2.92 bits per heavy atom. The van der Waals surface area contributed by atoms with Gasteiger partial charge in [0.25, 0.3) is 0 Å². The van der Waals surface area contributed by atoms with Gasteiger partial charge in [0.05, 0.1) is 29.2 Å². The largest absolute Gasteiger partial charge is 0.361 e. The SMILES string of the molecule is Cc1ccc2nsnc2c1NC(=O)N1CCC[C@H]1c1c(C)noc1C. The number of urea groups is 1. The van der Waals surface area contributed by atoms with Crippen LogP contribution in [0.25, 0.3) is 11.0 Å². The summed E-state index contributed by atoms with van der Waals surface area (Å²) < 4.78 is 13.9. The lowest BCUT2D eigenvalue weighted by molar-refractivity contribution is 0.206. The van der Waals surface area contributed by atoms with Crippen LogP contribution in [-0.2, 0) is 0 Å². The zero-order chi connectivity index (χ0) is 17.6. The maximum Gasteiger partial charge on any atom is 0.322 e. The van der Waals surface area contributed by atoms with Gasteiger partial charge in [0.2, 0.25) is 0 Å². The number of aryl methyl sites for hydroxylation is 3. The number of hydrogen-bond donors (Lipinski definition) is 1. The third-order valence-electron chi connectivity index (χ3n) is 4.80. The summed E-state index contributed by atoms with van der Waals surface area (Å²) in [5.74, 6) is 0.782. The maximum absolute atomic E-state index is 13.0. The Labute approximate surface area is 149 Å². The van der Waals surface area contributed by atoms with Crippen molar-refractivity contribution in [3.05, 3.63) is 34.7 Å². The summed E-state index contributed by atoms with van der Waals surface area (Å²) in [5, 5.41) is 7.09. The van der Waals surface area contributed by atoms with Crippen molar-refractivity contribution in [1.82, 2.24) is 18.8 Å². The molecule has 1 fully saturated rings. The van der Waals surface area contributed by atoms with Crippen LogP contribution in [0.2, 0.25) is 0 Å². The van der Waals surface area contributed by atoms with Crippen LogP contribution in [0, 0.1) is 20.8 Å². The van der Waals surface area contributed by atoms with Crippen molar-refractivity contribution in [1.29, 1.82) is 0 Å². The first kappa shape index (κ1) is 16.0. The van der Waals surface area contributed by atoms with Gasteiger partial charge in [-0.3, -0.25) is 0 Å². The first-order valence-electron chi connectivity index (χ1n) is 8.28. The van der Waals surface area contributed by atoms with Gasteiger partial charge in [-0.1, -0.05) is 11.2 Å². The van der Waals surface area contributed by atoms with Crippen LogP contribution in [0.4, 0.5) is 10.5 Å². The molecular weight excluding hydrogens is 338 g/mol. The van der Waals surface area contributed by atoms with E-state index in [-0.39, 0.29) is 12.1 Å². The topological polar surface area (TPSA) is 84.2 Å². The summed E-state index contributed by atoms with van der Waals surface area (Å²) in [6.45, 7) is 6.50. The quantitative estimate of drug-likeness (QED) is 0.750. The minimum Gasteiger partial charge on any atom is -0.361 e. The van der Waals surface area contributed by atoms with Gasteiger partial charge in [0.1, 0.15) is 16.8 Å². The lowest BCUT2D eigenvalue weighted by atomic mass is 10.0. The molecule has 2 aromatic heterocycles. The first-order chi connectivity index (χ1) is 12.1. The van der Waals surface area contributed by atoms with E-state index in [1.165, 1.54) is 0 Å². The van der Waals surface area contributed by atoms with Gasteiger partial charge in [0.15, 0.2) is 0 Å². The Hall–Kier alpha value is -2.48. The predicted octanol–water partition coefficient (Wildman–Crippen LogP) is 3.97. The summed E-state index contributed by atoms with van der Waals surface area (Å²) in [6, 6.07) is 3.76. The van der Waals surface area contributed by atoms with Crippen LogP contribution in [-0.4, -0.2) is 31.4 Å². The molecule has 1 aromatic carbocycles. The number of rotatable bonds is 2. The third kappa shape index (κ3) is 2.66. The van der Waals surface area contributed by atoms with Crippen LogP contribution in [0.15, 0.2) is 16.7 Å². The van der Waals surface area contributed by atoms with Gasteiger partial charge in [-0.25, -0.2) is 4.79 Å².